The average molecular weight is 1030 g/mol. The Morgan fingerprint density at radius 2 is 1.54 bits per heavy atom. The van der Waals surface area contributed by atoms with Gasteiger partial charge in [-0.25, -0.2) is 36.0 Å². The van der Waals surface area contributed by atoms with Gasteiger partial charge in [0, 0.05) is 60.8 Å². The Morgan fingerprint density at radius 3 is 2.12 bits per heavy atom. The van der Waals surface area contributed by atoms with E-state index in [1.54, 1.807) is 56.6 Å². The van der Waals surface area contributed by atoms with Crippen molar-refractivity contribution in [1.29, 1.82) is 0 Å². The van der Waals surface area contributed by atoms with Crippen LogP contribution in [0.5, 0.6) is 17.2 Å². The lowest BCUT2D eigenvalue weighted by Crippen LogP contribution is -2.34. The molecular weight excluding hydrogens is 969 g/mol. The standard InChI is InChI=1S/C27H34N6O4S.C14H19N3O4.C8H9NO3S/c1-5-6-7-8-9-10-11-12-13-14-18-22(34)37-24-23(28-2)26(29-3)33-25(30-31-27(24)33)20-16-15-17-21(19-20)32-38(4,35)36;1-14(2)6-9(18)16-11-8(21-13(20)17(3)4)5-7(15)12(19)10(11)14;1-13(11,12)9-8-5-3-2-4-7(8)6-10/h15-17,19,31-32H,5-14,18H2,1,4H3;5,19H,6,15H2,1-4H3,(H,16,18);2-6,9H,1H3. The molecule has 23 heteroatoms. The number of H-pyrrole nitrogens is 1. The summed E-state index contributed by atoms with van der Waals surface area (Å²) in [4.78, 5) is 54.9. The number of rotatable bonds is 19. The maximum atomic E-state index is 12.6. The monoisotopic (exact) mass is 1030 g/mol. The fourth-order valence-corrected chi connectivity index (χ4v) is 8.76. The molecule has 3 aromatic carbocycles. The van der Waals surface area contributed by atoms with Crippen LogP contribution in [0.25, 0.3) is 26.7 Å². The minimum Gasteiger partial charge on any atom is -0.505 e. The number of hydrogen-bond acceptors (Lipinski definition) is 13. The average Bonchev–Trinajstić information content (AvgIpc) is 3.85. The number of para-hydroxylation sites is 1. The van der Waals surface area contributed by atoms with Gasteiger partial charge in [-0.3, -0.25) is 23.8 Å². The third kappa shape index (κ3) is 15.9. The molecule has 0 aliphatic carbocycles. The van der Waals surface area contributed by atoms with Gasteiger partial charge in [0.15, 0.2) is 17.8 Å². The van der Waals surface area contributed by atoms with Crippen molar-refractivity contribution in [2.45, 2.75) is 103 Å². The number of aromatic amines is 1. The molecule has 0 bridgehead atoms. The number of amides is 2. The summed E-state index contributed by atoms with van der Waals surface area (Å²) in [6.45, 7) is 21.1. The van der Waals surface area contributed by atoms with Gasteiger partial charge < -0.3 is 35.4 Å². The Hall–Kier alpha value is -7.63. The molecule has 0 saturated carbocycles. The van der Waals surface area contributed by atoms with Crippen LogP contribution in [0.15, 0.2) is 54.6 Å². The van der Waals surface area contributed by atoms with Gasteiger partial charge in [0.25, 0.3) is 5.69 Å². The maximum absolute atomic E-state index is 12.6. The van der Waals surface area contributed by atoms with E-state index in [-0.39, 0.29) is 70.3 Å². The molecule has 0 saturated heterocycles. The van der Waals surface area contributed by atoms with E-state index >= 15 is 0 Å². The van der Waals surface area contributed by atoms with Gasteiger partial charge in [0.2, 0.25) is 43.2 Å². The van der Waals surface area contributed by atoms with E-state index in [0.717, 1.165) is 31.8 Å². The van der Waals surface area contributed by atoms with E-state index in [1.165, 1.54) is 60.0 Å². The summed E-state index contributed by atoms with van der Waals surface area (Å²) in [5.41, 5.74) is 7.64. The highest BCUT2D eigenvalue weighted by Gasteiger charge is 2.38. The molecule has 72 heavy (non-hydrogen) atoms. The van der Waals surface area contributed by atoms with E-state index in [9.17, 15) is 41.1 Å². The zero-order valence-electron chi connectivity index (χ0n) is 41.4. The maximum Gasteiger partial charge on any atom is 0.414 e. The molecule has 1 aliphatic heterocycles. The number of esters is 1. The molecule has 5 aromatic rings. The highest BCUT2D eigenvalue weighted by molar-refractivity contribution is 7.92. The quantitative estimate of drug-likeness (QED) is 0.0112. The molecule has 7 N–H and O–H groups in total. The zero-order chi connectivity index (χ0) is 53.4. The largest absolute Gasteiger partial charge is 0.505 e. The number of nitrogens with zero attached hydrogens (tertiary/aromatic N) is 5. The number of benzene rings is 3. The van der Waals surface area contributed by atoms with Gasteiger partial charge in [-0.2, -0.15) is 0 Å². The molecule has 0 unspecified atom stereocenters. The van der Waals surface area contributed by atoms with E-state index in [1.807, 2.05) is 13.8 Å². The number of nitrogens with one attached hydrogen (secondary N) is 4. The summed E-state index contributed by atoms with van der Waals surface area (Å²) in [6, 6.07) is 14.2. The predicted octanol–water partition coefficient (Wildman–Crippen LogP) is 9.54. The van der Waals surface area contributed by atoms with Crippen molar-refractivity contribution in [3.63, 3.8) is 0 Å². The van der Waals surface area contributed by atoms with E-state index in [2.05, 4.69) is 41.6 Å². The van der Waals surface area contributed by atoms with Crippen LogP contribution in [0, 0.1) is 13.1 Å². The number of unbranched alkanes of at least 4 members (excludes halogenated alkanes) is 9. The second kappa shape index (κ2) is 25.5. The van der Waals surface area contributed by atoms with Crippen LogP contribution in [0.4, 0.5) is 39.0 Å². The number of hydrogen-bond donors (Lipinski definition) is 6. The van der Waals surface area contributed by atoms with Gasteiger partial charge in [0.1, 0.15) is 5.75 Å². The number of carbonyl (C=O) groups excluding carboxylic acids is 4. The number of nitrogen functional groups attached to an aromatic ring is 1. The molecule has 6 rings (SSSR count). The van der Waals surface area contributed by atoms with Crippen LogP contribution < -0.4 is 30.0 Å². The number of anilines is 4. The minimum atomic E-state index is -3.49. The zero-order valence-corrected chi connectivity index (χ0v) is 43.1. The van der Waals surface area contributed by atoms with E-state index in [4.69, 9.17) is 28.4 Å². The number of carbonyl (C=O) groups is 4. The minimum absolute atomic E-state index is 0.0211. The second-order valence-corrected chi connectivity index (χ2v) is 21.3. The van der Waals surface area contributed by atoms with Crippen LogP contribution in [0.1, 0.15) is 114 Å². The van der Waals surface area contributed by atoms with Crippen molar-refractivity contribution in [2.24, 2.45) is 0 Å². The lowest BCUT2D eigenvalue weighted by Gasteiger charge is -2.34. The predicted molar refractivity (Wildman–Crippen MR) is 277 cm³/mol. The molecule has 0 atom stereocenters. The number of nitrogens with two attached hydrogens (primary N) is 1. The van der Waals surface area contributed by atoms with Crippen LogP contribution in [0.2, 0.25) is 0 Å². The van der Waals surface area contributed by atoms with Crippen molar-refractivity contribution < 1.29 is 50.6 Å². The third-order valence-electron chi connectivity index (χ3n) is 10.9. The number of aromatic nitrogens is 3. The van der Waals surface area contributed by atoms with Crippen molar-refractivity contribution in [2.75, 3.05) is 47.1 Å². The Bertz CT molecular complexity index is 3080. The van der Waals surface area contributed by atoms with Crippen LogP contribution in [-0.4, -0.2) is 92.3 Å². The normalized spacial score (nSPS) is 12.5. The summed E-state index contributed by atoms with van der Waals surface area (Å²) in [5.74, 6) is -0.424. The van der Waals surface area contributed by atoms with Crippen LogP contribution >= 0.6 is 0 Å². The molecule has 21 nitrogen and oxygen atoms in total. The molecule has 3 heterocycles. The molecule has 2 amide bonds. The summed E-state index contributed by atoms with van der Waals surface area (Å²) in [5, 5.41) is 19.9. The topological polar surface area (TPSA) is 282 Å². The molecule has 1 aliphatic rings. The number of aromatic hydroxyl groups is 1. The lowest BCUT2D eigenvalue weighted by molar-refractivity contribution is -0.134. The first-order valence-corrected chi connectivity index (χ1v) is 26.8. The fraction of sp³-hybridized carbons (Fsp3) is 0.408. The molecular formula is C49H62N10O11S2. The Labute approximate surface area is 420 Å². The Kier molecular flexibility index (Phi) is 20.2. The summed E-state index contributed by atoms with van der Waals surface area (Å²) >= 11 is 0. The number of phenolic OH excluding ortho intramolecular Hbond substituents is 1. The van der Waals surface area contributed by atoms with E-state index in [0.29, 0.717) is 40.8 Å². The molecule has 0 spiro atoms. The van der Waals surface area contributed by atoms with Gasteiger partial charge in [-0.1, -0.05) is 103 Å². The van der Waals surface area contributed by atoms with Crippen molar-refractivity contribution in [1.82, 2.24) is 19.5 Å². The first-order valence-electron chi connectivity index (χ1n) is 23.0. The molecule has 386 valence electrons. The highest BCUT2D eigenvalue weighted by atomic mass is 32.2. The summed E-state index contributed by atoms with van der Waals surface area (Å²) in [7, 11) is -3.72. The summed E-state index contributed by atoms with van der Waals surface area (Å²) < 4.78 is 61.8. The Balaban J connectivity index is 0.000000274. The second-order valence-electron chi connectivity index (χ2n) is 17.8. The lowest BCUT2D eigenvalue weighted by atomic mass is 9.77. The number of fused-ring (bicyclic) bond motifs is 2. The number of phenols is 1. The van der Waals surface area contributed by atoms with Crippen LogP contribution in [-0.2, 0) is 35.1 Å². The van der Waals surface area contributed by atoms with E-state index < -0.39 is 37.5 Å². The van der Waals surface area contributed by atoms with Crippen molar-refractivity contribution in [3.05, 3.63) is 88.6 Å². The van der Waals surface area contributed by atoms with Gasteiger partial charge in [0.05, 0.1) is 36.1 Å². The first-order chi connectivity index (χ1) is 33.9. The molecule has 0 fully saturated rings. The molecule has 2 aromatic heterocycles. The highest BCUT2D eigenvalue weighted by Crippen LogP contribution is 2.50. The third-order valence-corrected chi connectivity index (χ3v) is 12.1. The summed E-state index contributed by atoms with van der Waals surface area (Å²) in [6.07, 6.45) is 14.0. The Morgan fingerprint density at radius 1 is 0.917 bits per heavy atom. The first kappa shape index (κ1) is 57.0. The SMILES string of the molecule is CN(C)C(=O)Oc1cc(N)c(O)c2c1NC(=O)CC2(C)C.CS(=O)(=O)Nc1ccccc1C=O.[C-]#[N+]c1c(OC(=O)CCCCCCCCCCCC)c2[nH]nc(-c3cccc(NS(C)(=O)=O)c3)n2c1[N+]#[C-]. The smallest absolute Gasteiger partial charge is 0.414 e. The molecule has 0 radical (unpaired) electrons. The van der Waals surface area contributed by atoms with Gasteiger partial charge in [-0.05, 0) is 36.8 Å². The van der Waals surface area contributed by atoms with Gasteiger partial charge >= 0.3 is 12.1 Å². The van der Waals surface area contributed by atoms with Crippen molar-refractivity contribution >= 4 is 84.2 Å². The van der Waals surface area contributed by atoms with Crippen LogP contribution in [0.3, 0.4) is 0 Å². The number of aldehydes is 1. The number of ether oxygens (including phenoxy) is 2. The number of sulfonamides is 2. The van der Waals surface area contributed by atoms with Gasteiger partial charge in [-0.15, -0.1) is 5.10 Å². The van der Waals surface area contributed by atoms with Crippen molar-refractivity contribution in [3.8, 4) is 28.6 Å². The fourth-order valence-electron chi connectivity index (χ4n) is 7.62.